The number of ether oxygens (including phenoxy) is 3. The smallest absolute Gasteiger partial charge is 0.306 e. The number of ketones is 2. The number of likely N-dealkylation sites (N-methyl/N-ethyl adjacent to an activating group) is 1. The summed E-state index contributed by atoms with van der Waals surface area (Å²) in [5, 5.41) is 23.4. The number of benzene rings is 1. The van der Waals surface area contributed by atoms with Gasteiger partial charge in [-0.2, -0.15) is 0 Å². The largest absolute Gasteiger partial charge is 0.481 e. The fraction of sp³-hybridized carbons (Fsp3) is 0.695. The number of carboxylic acid groups (broad SMARTS) is 1. The molecule has 80 heavy (non-hydrogen) atoms. The van der Waals surface area contributed by atoms with E-state index in [9.17, 15) is 48.3 Å². The van der Waals surface area contributed by atoms with Crippen LogP contribution in [-0.4, -0.2) is 152 Å². The molecule has 5 N–H and O–H groups in total. The lowest BCUT2D eigenvalue weighted by Gasteiger charge is -2.37. The van der Waals surface area contributed by atoms with Crippen LogP contribution in [0.1, 0.15) is 171 Å². The zero-order valence-electron chi connectivity index (χ0n) is 49.5. The molecule has 5 amide bonds. The van der Waals surface area contributed by atoms with Crippen molar-refractivity contribution in [2.45, 2.75) is 176 Å². The molecule has 21 heteroatoms. The van der Waals surface area contributed by atoms with Crippen LogP contribution in [0, 0.1) is 36.5 Å². The number of methoxy groups -OCH3 is 1. The molecule has 0 spiro atoms. The minimum absolute atomic E-state index is 0.0276. The van der Waals surface area contributed by atoms with Crippen molar-refractivity contribution in [1.29, 1.82) is 0 Å². The molecule has 2 aromatic rings. The number of thiazole rings is 1. The van der Waals surface area contributed by atoms with E-state index in [-0.39, 0.29) is 110 Å². The van der Waals surface area contributed by atoms with E-state index in [1.807, 2.05) is 53.8 Å². The summed E-state index contributed by atoms with van der Waals surface area (Å²) in [7, 11) is 5.24. The highest BCUT2D eigenvalue weighted by atomic mass is 32.1. The fourth-order valence-corrected chi connectivity index (χ4v) is 10.8. The number of aromatic nitrogens is 1. The Morgan fingerprint density at radius 2 is 1.65 bits per heavy atom. The van der Waals surface area contributed by atoms with Crippen molar-refractivity contribution in [2.75, 3.05) is 66.0 Å². The van der Waals surface area contributed by atoms with Gasteiger partial charge in [-0.15, -0.1) is 11.3 Å². The van der Waals surface area contributed by atoms with Crippen molar-refractivity contribution in [1.82, 2.24) is 30.7 Å². The number of nitrogens with zero attached hydrogens (tertiary/aromatic N) is 3. The number of piperidine rings is 1. The lowest BCUT2D eigenvalue weighted by Crippen LogP contribution is -2.48. The average molecular weight is 1140 g/mol. The second kappa shape index (κ2) is 36.0. The number of nitrogens with one attached hydrogen (secondary N) is 4. The number of carboxylic acids is 1. The van der Waals surface area contributed by atoms with Gasteiger partial charge in [0.25, 0.3) is 5.91 Å². The number of Topliss-reactive ketones (excluding diaryl/α,β-unsaturated/α-hetero) is 2. The minimum Gasteiger partial charge on any atom is -0.481 e. The van der Waals surface area contributed by atoms with Crippen molar-refractivity contribution in [3.63, 3.8) is 0 Å². The van der Waals surface area contributed by atoms with Crippen molar-refractivity contribution in [3.05, 3.63) is 45.4 Å². The first-order valence-corrected chi connectivity index (χ1v) is 29.6. The summed E-state index contributed by atoms with van der Waals surface area (Å²) in [6, 6.07) is 4.14. The first kappa shape index (κ1) is 68.6. The van der Waals surface area contributed by atoms with Gasteiger partial charge in [-0.05, 0) is 94.5 Å². The lowest BCUT2D eigenvalue weighted by atomic mass is 9.83. The van der Waals surface area contributed by atoms with Crippen LogP contribution < -0.4 is 21.3 Å². The van der Waals surface area contributed by atoms with Crippen molar-refractivity contribution in [3.8, 4) is 0 Å². The highest BCUT2D eigenvalue weighted by molar-refractivity contribution is 7.09. The SMILES string of the molecule is CCC(=O)CC(CCCCNC(=O)COCCOC)C(=O)NCCCC(=O)Nc1cc(C[C@@H](CC(C)C(=O)O)NC(=O)c2csc([C@@H](C[C@H](C(C)C)N(C)C(=O)[C@@H](CC(=O)C3CCCCN3C)C(C)CC)OC(C)=O)n2)ccc1C. The molecule has 1 fully saturated rings. The van der Waals surface area contributed by atoms with E-state index in [0.29, 0.717) is 69.0 Å². The number of rotatable bonds is 38. The molecule has 3 rings (SSSR count). The topological polar surface area (TPSA) is 269 Å². The zero-order chi connectivity index (χ0) is 59.5. The van der Waals surface area contributed by atoms with E-state index >= 15 is 0 Å². The number of unbranched alkanes of at least 4 members (excludes halogenated alkanes) is 1. The summed E-state index contributed by atoms with van der Waals surface area (Å²) in [6.07, 6.45) is 5.75. The van der Waals surface area contributed by atoms with Crippen LogP contribution in [-0.2, 0) is 59.0 Å². The number of anilines is 1. The van der Waals surface area contributed by atoms with Crippen LogP contribution in [0.4, 0.5) is 5.69 Å². The first-order valence-electron chi connectivity index (χ1n) is 28.7. The summed E-state index contributed by atoms with van der Waals surface area (Å²) in [5.74, 6) is -5.10. The van der Waals surface area contributed by atoms with Crippen LogP contribution in [0.3, 0.4) is 0 Å². The Morgan fingerprint density at radius 1 is 0.925 bits per heavy atom. The van der Waals surface area contributed by atoms with Gasteiger partial charge in [0.05, 0.1) is 25.2 Å². The molecular formula is C59H93N7O13S. The summed E-state index contributed by atoms with van der Waals surface area (Å²) in [5.41, 5.74) is 2.07. The lowest BCUT2D eigenvalue weighted by molar-refractivity contribution is -0.149. The van der Waals surface area contributed by atoms with Gasteiger partial charge in [0.1, 0.15) is 23.1 Å². The quantitative estimate of drug-likeness (QED) is 0.0327. The van der Waals surface area contributed by atoms with Crippen LogP contribution in [0.5, 0.6) is 0 Å². The monoisotopic (exact) mass is 1140 g/mol. The van der Waals surface area contributed by atoms with E-state index in [2.05, 4.69) is 31.2 Å². The number of carbonyl (C=O) groups excluding carboxylic acids is 8. The second-order valence-electron chi connectivity index (χ2n) is 21.9. The van der Waals surface area contributed by atoms with Crippen LogP contribution in [0.25, 0.3) is 0 Å². The Balaban J connectivity index is 1.68. The second-order valence-corrected chi connectivity index (χ2v) is 22.8. The third kappa shape index (κ3) is 23.8. The predicted octanol–water partition coefficient (Wildman–Crippen LogP) is 7.26. The number of carbonyl (C=O) groups is 9. The molecule has 8 atom stereocenters. The average Bonchev–Trinajstić information content (AvgIpc) is 3.92. The molecular weight excluding hydrogens is 1050 g/mol. The van der Waals surface area contributed by atoms with E-state index in [1.54, 1.807) is 44.4 Å². The third-order valence-electron chi connectivity index (χ3n) is 15.2. The van der Waals surface area contributed by atoms with E-state index in [4.69, 9.17) is 14.2 Å². The molecule has 1 aliphatic rings. The van der Waals surface area contributed by atoms with Gasteiger partial charge < -0.3 is 45.5 Å². The molecule has 1 aromatic heterocycles. The zero-order valence-corrected chi connectivity index (χ0v) is 50.3. The predicted molar refractivity (Wildman–Crippen MR) is 307 cm³/mol. The highest BCUT2D eigenvalue weighted by Gasteiger charge is 2.38. The molecule has 20 nitrogen and oxygen atoms in total. The molecule has 1 saturated heterocycles. The van der Waals surface area contributed by atoms with Gasteiger partial charge in [0.15, 0.2) is 11.9 Å². The van der Waals surface area contributed by atoms with Crippen molar-refractivity contribution >= 4 is 70.1 Å². The number of aliphatic carboxylic acids is 1. The van der Waals surface area contributed by atoms with Gasteiger partial charge >= 0.3 is 11.9 Å². The molecule has 448 valence electrons. The van der Waals surface area contributed by atoms with E-state index in [1.165, 1.54) is 6.92 Å². The number of esters is 1. The highest BCUT2D eigenvalue weighted by Crippen LogP contribution is 2.33. The fourth-order valence-electron chi connectivity index (χ4n) is 9.97. The maximum absolute atomic E-state index is 14.4. The molecule has 0 aliphatic carbocycles. The number of aryl methyl sites for hydroxylation is 1. The molecule has 0 saturated carbocycles. The third-order valence-corrected chi connectivity index (χ3v) is 16.1. The van der Waals surface area contributed by atoms with Crippen LogP contribution in [0.2, 0.25) is 0 Å². The van der Waals surface area contributed by atoms with Gasteiger partial charge in [-0.25, -0.2) is 4.98 Å². The summed E-state index contributed by atoms with van der Waals surface area (Å²) in [4.78, 5) is 126. The van der Waals surface area contributed by atoms with Gasteiger partial charge in [0, 0.05) is 101 Å². The number of likely N-dealkylation sites (tertiary alicyclic amines) is 1. The number of hydrogen-bond donors (Lipinski definition) is 5. The maximum Gasteiger partial charge on any atom is 0.306 e. The van der Waals surface area contributed by atoms with E-state index < -0.39 is 53.8 Å². The molecule has 1 aliphatic heterocycles. The van der Waals surface area contributed by atoms with Crippen LogP contribution >= 0.6 is 11.3 Å². The summed E-state index contributed by atoms with van der Waals surface area (Å²) >= 11 is 1.13. The van der Waals surface area contributed by atoms with Crippen molar-refractivity contribution in [2.24, 2.45) is 29.6 Å². The molecule has 0 bridgehead atoms. The van der Waals surface area contributed by atoms with Gasteiger partial charge in [-0.3, -0.25) is 48.1 Å². The Kier molecular flexibility index (Phi) is 30.8. The summed E-state index contributed by atoms with van der Waals surface area (Å²) in [6.45, 7) is 16.5. The molecule has 1 aromatic carbocycles. The Hall–Kier alpha value is -5.64. The number of hydrogen-bond acceptors (Lipinski definition) is 15. The molecule has 4 unspecified atom stereocenters. The molecule has 0 radical (unpaired) electrons. The minimum atomic E-state index is -1.04. The summed E-state index contributed by atoms with van der Waals surface area (Å²) < 4.78 is 16.0. The number of amides is 5. The van der Waals surface area contributed by atoms with Gasteiger partial charge in [-0.1, -0.05) is 72.9 Å². The normalized spacial score (nSPS) is 16.3. The van der Waals surface area contributed by atoms with E-state index in [0.717, 1.165) is 48.3 Å². The first-order chi connectivity index (χ1) is 38.0. The Labute approximate surface area is 478 Å². The van der Waals surface area contributed by atoms with Crippen LogP contribution in [0.15, 0.2) is 23.6 Å². The maximum atomic E-state index is 14.4. The molecule has 2 heterocycles. The Morgan fingerprint density at radius 3 is 2.30 bits per heavy atom. The van der Waals surface area contributed by atoms with Crippen molar-refractivity contribution < 1.29 is 62.5 Å². The van der Waals surface area contributed by atoms with Gasteiger partial charge in [0.2, 0.25) is 23.6 Å². The Bertz CT molecular complexity index is 2340. The standard InChI is InChI=1S/C59H93N7O13S/c1-12-38(5)46(33-51(69)49-20-15-17-26-65(49)9)58(74)66(10)50(37(3)4)34-52(79-41(8)67)57-64-48(36-80-57)56(73)62-44(29-40(7)59(75)76)30-42-23-22-39(6)47(31-42)63-53(70)21-18-25-61-55(72)43(32-45(68)13-2)19-14-16-24-60-54(71)35-78-28-27-77-11/h22-23,31,36-38,40,43-44,46,49-50,52H,12-21,24-30,32-35H2,1-11H3,(H,60,71)(H,61,72)(H,62,73)(H,63,70)(H,75,76)/t38?,40?,43?,44-,46+,49?,50-,52-/m1/s1.